The highest BCUT2D eigenvalue weighted by Gasteiger charge is 2.15. The van der Waals surface area contributed by atoms with Gasteiger partial charge in [0.2, 0.25) is 0 Å². The predicted octanol–water partition coefficient (Wildman–Crippen LogP) is 2.91. The summed E-state index contributed by atoms with van der Waals surface area (Å²) in [6, 6.07) is 10.8. The minimum absolute atomic E-state index is 0.112. The molecule has 0 aliphatic rings. The van der Waals surface area contributed by atoms with Crippen LogP contribution >= 0.6 is 0 Å². The van der Waals surface area contributed by atoms with E-state index in [1.54, 1.807) is 31.2 Å². The standard InChI is InChI=1S/C17H17N3O4/c1-3-18-16(21)12-5-4-6-14(9-12)19-17(22)13-8-7-11(2)15(10-13)20(23)24/h4-10H,3H2,1-2H3,(H,18,21)(H,19,22). The lowest BCUT2D eigenvalue weighted by molar-refractivity contribution is -0.385. The number of hydrogen-bond donors (Lipinski definition) is 2. The molecule has 0 heterocycles. The number of nitro groups is 1. The Morgan fingerprint density at radius 1 is 1.08 bits per heavy atom. The largest absolute Gasteiger partial charge is 0.352 e. The Labute approximate surface area is 138 Å². The number of hydrogen-bond acceptors (Lipinski definition) is 4. The van der Waals surface area contributed by atoms with Crippen LogP contribution < -0.4 is 10.6 Å². The highest BCUT2D eigenvalue weighted by molar-refractivity contribution is 6.05. The van der Waals surface area contributed by atoms with Gasteiger partial charge in [-0.25, -0.2) is 0 Å². The summed E-state index contributed by atoms with van der Waals surface area (Å²) in [4.78, 5) is 34.5. The zero-order chi connectivity index (χ0) is 17.7. The van der Waals surface area contributed by atoms with Gasteiger partial charge in [0.05, 0.1) is 4.92 Å². The molecule has 0 aliphatic heterocycles. The second-order valence-electron chi connectivity index (χ2n) is 5.15. The number of nitrogens with zero attached hydrogens (tertiary/aromatic N) is 1. The van der Waals surface area contributed by atoms with Crippen molar-refractivity contribution in [1.82, 2.24) is 5.32 Å². The maximum atomic E-state index is 12.3. The fourth-order valence-electron chi connectivity index (χ4n) is 2.15. The molecule has 0 radical (unpaired) electrons. The summed E-state index contributed by atoms with van der Waals surface area (Å²) >= 11 is 0. The van der Waals surface area contributed by atoms with Gasteiger partial charge >= 0.3 is 0 Å². The van der Waals surface area contributed by atoms with Crippen molar-refractivity contribution in [2.75, 3.05) is 11.9 Å². The molecular weight excluding hydrogens is 310 g/mol. The van der Waals surface area contributed by atoms with E-state index in [0.29, 0.717) is 23.4 Å². The molecule has 0 atom stereocenters. The lowest BCUT2D eigenvalue weighted by atomic mass is 10.1. The Kier molecular flexibility index (Phi) is 5.26. The van der Waals surface area contributed by atoms with E-state index in [0.717, 1.165) is 0 Å². The third kappa shape index (κ3) is 3.95. The second kappa shape index (κ2) is 7.36. The van der Waals surface area contributed by atoms with Crippen LogP contribution in [0.1, 0.15) is 33.2 Å². The van der Waals surface area contributed by atoms with E-state index in [4.69, 9.17) is 0 Å². The molecule has 0 aromatic heterocycles. The second-order valence-corrected chi connectivity index (χ2v) is 5.15. The lowest BCUT2D eigenvalue weighted by Gasteiger charge is -2.08. The number of amides is 2. The Morgan fingerprint density at radius 2 is 1.79 bits per heavy atom. The first kappa shape index (κ1) is 17.1. The van der Waals surface area contributed by atoms with E-state index in [1.165, 1.54) is 18.2 Å². The molecule has 124 valence electrons. The molecule has 7 nitrogen and oxygen atoms in total. The number of benzene rings is 2. The molecule has 0 saturated carbocycles. The molecule has 0 bridgehead atoms. The van der Waals surface area contributed by atoms with Crippen molar-refractivity contribution in [2.24, 2.45) is 0 Å². The van der Waals surface area contributed by atoms with E-state index in [2.05, 4.69) is 10.6 Å². The van der Waals surface area contributed by atoms with Crippen molar-refractivity contribution in [3.63, 3.8) is 0 Å². The van der Waals surface area contributed by atoms with Gasteiger partial charge in [0, 0.05) is 35.0 Å². The van der Waals surface area contributed by atoms with Crippen molar-refractivity contribution in [3.05, 3.63) is 69.3 Å². The van der Waals surface area contributed by atoms with Gasteiger partial charge < -0.3 is 10.6 Å². The Hall–Kier alpha value is -3.22. The van der Waals surface area contributed by atoms with Crippen LogP contribution in [0.3, 0.4) is 0 Å². The smallest absolute Gasteiger partial charge is 0.273 e. The van der Waals surface area contributed by atoms with Crippen molar-refractivity contribution in [3.8, 4) is 0 Å². The van der Waals surface area contributed by atoms with Crippen LogP contribution in [-0.4, -0.2) is 23.3 Å². The average Bonchev–Trinajstić information content (AvgIpc) is 2.55. The molecule has 0 saturated heterocycles. The van der Waals surface area contributed by atoms with E-state index in [9.17, 15) is 19.7 Å². The van der Waals surface area contributed by atoms with Crippen molar-refractivity contribution >= 4 is 23.2 Å². The fraction of sp³-hybridized carbons (Fsp3) is 0.176. The monoisotopic (exact) mass is 327 g/mol. The quantitative estimate of drug-likeness (QED) is 0.651. The molecule has 2 aromatic carbocycles. The summed E-state index contributed by atoms with van der Waals surface area (Å²) in [5, 5.41) is 16.3. The molecule has 24 heavy (non-hydrogen) atoms. The van der Waals surface area contributed by atoms with Crippen LogP contribution in [0.15, 0.2) is 42.5 Å². The molecule has 2 N–H and O–H groups in total. The molecule has 0 spiro atoms. The van der Waals surface area contributed by atoms with Crippen LogP contribution in [0.5, 0.6) is 0 Å². The lowest BCUT2D eigenvalue weighted by Crippen LogP contribution is -2.22. The van der Waals surface area contributed by atoms with Crippen molar-refractivity contribution in [2.45, 2.75) is 13.8 Å². The number of carbonyl (C=O) groups is 2. The topological polar surface area (TPSA) is 101 Å². The molecule has 7 heteroatoms. The predicted molar refractivity (Wildman–Crippen MR) is 90.2 cm³/mol. The van der Waals surface area contributed by atoms with Crippen molar-refractivity contribution in [1.29, 1.82) is 0 Å². The summed E-state index contributed by atoms with van der Waals surface area (Å²) in [7, 11) is 0. The van der Waals surface area contributed by atoms with Gasteiger partial charge in [-0.2, -0.15) is 0 Å². The molecule has 0 unspecified atom stereocenters. The van der Waals surface area contributed by atoms with Crippen LogP contribution in [-0.2, 0) is 0 Å². The Bertz CT molecular complexity index is 802. The minimum atomic E-state index is -0.526. The third-order valence-electron chi connectivity index (χ3n) is 3.39. The van der Waals surface area contributed by atoms with Gasteiger partial charge in [0.25, 0.3) is 17.5 Å². The SMILES string of the molecule is CCNC(=O)c1cccc(NC(=O)c2ccc(C)c([N+](=O)[O-])c2)c1. The summed E-state index contributed by atoms with van der Waals surface area (Å²) < 4.78 is 0. The Balaban J connectivity index is 2.21. The first-order valence-corrected chi connectivity index (χ1v) is 7.37. The minimum Gasteiger partial charge on any atom is -0.352 e. The number of anilines is 1. The number of nitrogens with one attached hydrogen (secondary N) is 2. The van der Waals surface area contributed by atoms with Crippen LogP contribution in [0, 0.1) is 17.0 Å². The van der Waals surface area contributed by atoms with E-state index in [1.807, 2.05) is 6.92 Å². The highest BCUT2D eigenvalue weighted by Crippen LogP contribution is 2.20. The summed E-state index contributed by atoms with van der Waals surface area (Å²) in [5.74, 6) is -0.717. The highest BCUT2D eigenvalue weighted by atomic mass is 16.6. The zero-order valence-corrected chi connectivity index (χ0v) is 13.3. The van der Waals surface area contributed by atoms with Gasteiger partial charge in [-0.1, -0.05) is 12.1 Å². The van der Waals surface area contributed by atoms with Crippen LogP contribution in [0.4, 0.5) is 11.4 Å². The summed E-state index contributed by atoms with van der Waals surface area (Å²) in [5.41, 5.74) is 1.40. The van der Waals surface area contributed by atoms with Crippen molar-refractivity contribution < 1.29 is 14.5 Å². The third-order valence-corrected chi connectivity index (χ3v) is 3.39. The van der Waals surface area contributed by atoms with Gasteiger partial charge in [-0.3, -0.25) is 19.7 Å². The van der Waals surface area contributed by atoms with Crippen LogP contribution in [0.25, 0.3) is 0 Å². The fourth-order valence-corrected chi connectivity index (χ4v) is 2.15. The van der Waals surface area contributed by atoms with Gasteiger partial charge in [-0.05, 0) is 38.1 Å². The van der Waals surface area contributed by atoms with Gasteiger partial charge in [0.1, 0.15) is 0 Å². The Morgan fingerprint density at radius 3 is 2.46 bits per heavy atom. The maximum absolute atomic E-state index is 12.3. The molecule has 2 aromatic rings. The normalized spacial score (nSPS) is 10.1. The van der Waals surface area contributed by atoms with E-state index >= 15 is 0 Å². The van der Waals surface area contributed by atoms with Crippen LogP contribution in [0.2, 0.25) is 0 Å². The molecule has 2 rings (SSSR count). The number of carbonyl (C=O) groups excluding carboxylic acids is 2. The molecule has 0 fully saturated rings. The van der Waals surface area contributed by atoms with Gasteiger partial charge in [0.15, 0.2) is 0 Å². The molecule has 0 aliphatic carbocycles. The number of rotatable bonds is 5. The average molecular weight is 327 g/mol. The summed E-state index contributed by atoms with van der Waals surface area (Å²) in [6.45, 7) is 3.92. The molecule has 2 amide bonds. The zero-order valence-electron chi connectivity index (χ0n) is 13.3. The number of nitro benzene ring substituents is 1. The maximum Gasteiger partial charge on any atom is 0.273 e. The number of aryl methyl sites for hydroxylation is 1. The molecular formula is C17H17N3O4. The first-order valence-electron chi connectivity index (χ1n) is 7.37. The summed E-state index contributed by atoms with van der Waals surface area (Å²) in [6.07, 6.45) is 0. The van der Waals surface area contributed by atoms with E-state index < -0.39 is 10.8 Å². The van der Waals surface area contributed by atoms with Gasteiger partial charge in [-0.15, -0.1) is 0 Å². The first-order chi connectivity index (χ1) is 11.4. The van der Waals surface area contributed by atoms with E-state index in [-0.39, 0.29) is 17.2 Å².